The maximum Gasteiger partial charge on any atom is 0.122 e. The highest BCUT2D eigenvalue weighted by molar-refractivity contribution is 5.86. The fourth-order valence-electron chi connectivity index (χ4n) is 4.74. The van der Waals surface area contributed by atoms with E-state index in [2.05, 4.69) is 39.9 Å². The first kappa shape index (κ1) is 20.0. The first-order valence-electron chi connectivity index (χ1n) is 10.3. The average Bonchev–Trinajstić information content (AvgIpc) is 3.19. The molecule has 1 unspecified atom stereocenters. The molecule has 0 spiro atoms. The minimum Gasteiger partial charge on any atom is -0.508 e. The normalized spacial score (nSPS) is 25.3. The van der Waals surface area contributed by atoms with E-state index < -0.39 is 5.67 Å². The van der Waals surface area contributed by atoms with Crippen LogP contribution in [0.15, 0.2) is 43.3 Å². The Morgan fingerprint density at radius 1 is 1.48 bits per heavy atom. The van der Waals surface area contributed by atoms with E-state index in [-0.39, 0.29) is 11.8 Å². The Bertz CT molecular complexity index is 934. The van der Waals surface area contributed by atoms with E-state index in [4.69, 9.17) is 0 Å². The second-order valence-corrected chi connectivity index (χ2v) is 8.75. The number of halogens is 1. The zero-order valence-electron chi connectivity index (χ0n) is 17.4. The Balaban J connectivity index is 1.48. The fraction of sp³-hybridized carbons (Fsp3) is 0.478. The van der Waals surface area contributed by atoms with Gasteiger partial charge in [0.05, 0.1) is 6.04 Å². The van der Waals surface area contributed by atoms with Crippen LogP contribution in [0.1, 0.15) is 24.6 Å². The summed E-state index contributed by atoms with van der Waals surface area (Å²) < 4.78 is 14.1. The molecule has 0 aliphatic carbocycles. The number of benzene rings is 1. The van der Waals surface area contributed by atoms with Crippen LogP contribution < -0.4 is 0 Å². The van der Waals surface area contributed by atoms with Crippen molar-refractivity contribution in [1.29, 1.82) is 0 Å². The number of rotatable bonds is 6. The molecule has 5 nitrogen and oxygen atoms in total. The number of phenolic OH excluding ortho intramolecular Hbond substituents is 1. The summed E-state index contributed by atoms with van der Waals surface area (Å²) in [5, 5.41) is 11.0. The average molecular weight is 399 g/mol. The van der Waals surface area contributed by atoms with Crippen molar-refractivity contribution < 1.29 is 9.50 Å². The summed E-state index contributed by atoms with van der Waals surface area (Å²) in [7, 11) is 2.11. The highest BCUT2D eigenvalue weighted by atomic mass is 19.1. The van der Waals surface area contributed by atoms with Gasteiger partial charge < -0.3 is 15.0 Å². The van der Waals surface area contributed by atoms with E-state index in [9.17, 15) is 9.50 Å². The number of nitrogens with one attached hydrogen (secondary N) is 1. The van der Waals surface area contributed by atoms with Crippen LogP contribution in [0.3, 0.4) is 0 Å². The molecule has 0 radical (unpaired) electrons. The molecule has 4 rings (SSSR count). The Hall–Kier alpha value is -2.31. The monoisotopic (exact) mass is 398 g/mol. The van der Waals surface area contributed by atoms with Gasteiger partial charge in [-0.2, -0.15) is 0 Å². The molecule has 6 heteroatoms. The van der Waals surface area contributed by atoms with E-state index in [1.54, 1.807) is 13.0 Å². The third-order valence-corrected chi connectivity index (χ3v) is 6.45. The smallest absolute Gasteiger partial charge is 0.122 e. The van der Waals surface area contributed by atoms with Gasteiger partial charge in [0.1, 0.15) is 11.4 Å². The van der Waals surface area contributed by atoms with Gasteiger partial charge in [-0.15, -0.1) is 0 Å². The quantitative estimate of drug-likeness (QED) is 0.780. The molecule has 29 heavy (non-hydrogen) atoms. The summed E-state index contributed by atoms with van der Waals surface area (Å²) in [6, 6.07) is 5.62. The van der Waals surface area contributed by atoms with Crippen LogP contribution in [-0.4, -0.2) is 69.7 Å². The van der Waals surface area contributed by atoms with Crippen molar-refractivity contribution in [3.8, 4) is 5.75 Å². The van der Waals surface area contributed by atoms with Crippen LogP contribution in [0.4, 0.5) is 4.39 Å². The lowest BCUT2D eigenvalue weighted by Crippen LogP contribution is -2.43. The molecule has 3 heterocycles. The number of aromatic amines is 1. The summed E-state index contributed by atoms with van der Waals surface area (Å²) in [6.45, 7) is 13.7. The van der Waals surface area contributed by atoms with Crippen LogP contribution in [0.25, 0.3) is 10.9 Å². The maximum atomic E-state index is 14.1. The Kier molecular flexibility index (Phi) is 5.17. The van der Waals surface area contributed by atoms with Crippen molar-refractivity contribution in [3.63, 3.8) is 0 Å². The Morgan fingerprint density at radius 2 is 2.28 bits per heavy atom. The molecule has 1 aromatic carbocycles. The van der Waals surface area contributed by atoms with Gasteiger partial charge in [0, 0.05) is 55.0 Å². The van der Waals surface area contributed by atoms with Crippen LogP contribution in [0.5, 0.6) is 5.75 Å². The Labute approximate surface area is 172 Å². The zero-order chi connectivity index (χ0) is 20.8. The summed E-state index contributed by atoms with van der Waals surface area (Å²) >= 11 is 0. The van der Waals surface area contributed by atoms with Crippen molar-refractivity contribution in [1.82, 2.24) is 19.7 Å². The highest BCUT2D eigenvalue weighted by Crippen LogP contribution is 2.34. The van der Waals surface area contributed by atoms with Gasteiger partial charge in [-0.1, -0.05) is 13.2 Å². The predicted octanol–water partition coefficient (Wildman–Crippen LogP) is 3.62. The third-order valence-electron chi connectivity index (χ3n) is 6.45. The maximum absolute atomic E-state index is 14.1. The molecule has 0 bridgehead atoms. The molecule has 2 aromatic rings. The van der Waals surface area contributed by atoms with Gasteiger partial charge in [-0.3, -0.25) is 9.80 Å². The first-order chi connectivity index (χ1) is 13.8. The van der Waals surface area contributed by atoms with Crippen LogP contribution >= 0.6 is 0 Å². The number of hydrogen-bond donors (Lipinski definition) is 2. The highest BCUT2D eigenvalue weighted by Gasteiger charge is 2.34. The van der Waals surface area contributed by atoms with Gasteiger partial charge >= 0.3 is 0 Å². The van der Waals surface area contributed by atoms with Gasteiger partial charge in [-0.05, 0) is 56.8 Å². The Morgan fingerprint density at radius 3 is 2.97 bits per heavy atom. The molecule has 0 amide bonds. The van der Waals surface area contributed by atoms with Gasteiger partial charge in [-0.25, -0.2) is 4.39 Å². The van der Waals surface area contributed by atoms with E-state index in [0.29, 0.717) is 13.0 Å². The minimum absolute atomic E-state index is 0.145. The first-order valence-corrected chi connectivity index (χ1v) is 10.3. The van der Waals surface area contributed by atoms with Crippen molar-refractivity contribution >= 4 is 10.9 Å². The molecular formula is C23H31FN4O. The zero-order valence-corrected chi connectivity index (χ0v) is 17.4. The number of fused-ring (bicyclic) bond motifs is 3. The lowest BCUT2D eigenvalue weighted by molar-refractivity contribution is 0.179. The van der Waals surface area contributed by atoms with Crippen molar-refractivity contribution in [3.05, 3.63) is 54.5 Å². The SMILES string of the molecule is C=CN(CCN1CCC(C)(F)C1)C(=C)[C@@H]1Cc2c([nH]c3ccc(O)cc23)CN1C. The second-order valence-electron chi connectivity index (χ2n) is 8.75. The molecule has 2 N–H and O–H groups in total. The van der Waals surface area contributed by atoms with E-state index in [1.807, 2.05) is 18.3 Å². The van der Waals surface area contributed by atoms with Crippen molar-refractivity contribution in [2.75, 3.05) is 33.2 Å². The minimum atomic E-state index is -1.07. The molecular weight excluding hydrogens is 367 g/mol. The van der Waals surface area contributed by atoms with Crippen LogP contribution in [-0.2, 0) is 13.0 Å². The molecule has 1 saturated heterocycles. The van der Waals surface area contributed by atoms with E-state index in [1.165, 1.54) is 11.3 Å². The second kappa shape index (κ2) is 7.50. The largest absolute Gasteiger partial charge is 0.508 e. The van der Waals surface area contributed by atoms with Crippen LogP contribution in [0.2, 0.25) is 0 Å². The molecule has 156 valence electrons. The number of H-pyrrole nitrogens is 1. The van der Waals surface area contributed by atoms with Gasteiger partial charge in [0.25, 0.3) is 0 Å². The van der Waals surface area contributed by atoms with Crippen molar-refractivity contribution in [2.45, 2.75) is 38.0 Å². The summed E-state index contributed by atoms with van der Waals surface area (Å²) in [5.74, 6) is 0.284. The van der Waals surface area contributed by atoms with E-state index >= 15 is 0 Å². The summed E-state index contributed by atoms with van der Waals surface area (Å²) in [4.78, 5) is 10.1. The van der Waals surface area contributed by atoms with Crippen molar-refractivity contribution in [2.24, 2.45) is 0 Å². The predicted molar refractivity (Wildman–Crippen MR) is 116 cm³/mol. The molecule has 0 saturated carbocycles. The standard InChI is InChI=1S/C23H31FN4O/c1-5-28(11-10-27-9-8-23(3,24)15-27)16(2)22-13-19-18-12-17(29)6-7-20(18)25-21(19)14-26(22)4/h5-7,12,22,25,29H,1-2,8-11,13-15H2,3-4H3/t22-,23?/m0/s1. The van der Waals surface area contributed by atoms with Crippen LogP contribution in [0, 0.1) is 0 Å². The number of aromatic hydroxyl groups is 1. The molecule has 2 aliphatic heterocycles. The van der Waals surface area contributed by atoms with Gasteiger partial charge in [0.15, 0.2) is 0 Å². The molecule has 1 fully saturated rings. The molecule has 2 atom stereocenters. The number of hydrogen-bond acceptors (Lipinski definition) is 4. The number of alkyl halides is 1. The summed E-state index contributed by atoms with van der Waals surface area (Å²) in [6.07, 6.45) is 3.26. The topological polar surface area (TPSA) is 45.7 Å². The van der Waals surface area contributed by atoms with Gasteiger partial charge in [0.2, 0.25) is 0 Å². The molecule has 2 aliphatic rings. The number of aromatic nitrogens is 1. The fourth-order valence-corrected chi connectivity index (χ4v) is 4.74. The lowest BCUT2D eigenvalue weighted by atomic mass is 9.95. The summed E-state index contributed by atoms with van der Waals surface area (Å²) in [5.41, 5.74) is 3.43. The number of likely N-dealkylation sites (N-methyl/N-ethyl adjacent to an activating group) is 1. The third kappa shape index (κ3) is 3.91. The van der Waals surface area contributed by atoms with E-state index in [0.717, 1.165) is 49.2 Å². The number of phenols is 1. The lowest BCUT2D eigenvalue weighted by Gasteiger charge is -2.38. The molecule has 1 aromatic heterocycles. The number of likely N-dealkylation sites (tertiary alicyclic amines) is 1. The number of nitrogens with zero attached hydrogens (tertiary/aromatic N) is 3.